The second kappa shape index (κ2) is 4.90. The van der Waals surface area contributed by atoms with Gasteiger partial charge in [0.15, 0.2) is 17.4 Å². The number of fused-ring (bicyclic) bond motifs is 1. The summed E-state index contributed by atoms with van der Waals surface area (Å²) in [5, 5.41) is 19.8. The van der Waals surface area contributed by atoms with E-state index in [2.05, 4.69) is 15.0 Å². The molecule has 0 amide bonds. The highest BCUT2D eigenvalue weighted by molar-refractivity contribution is 14.1. The highest BCUT2D eigenvalue weighted by atomic mass is 127. The van der Waals surface area contributed by atoms with Gasteiger partial charge in [-0.2, -0.15) is 4.98 Å². The maximum Gasteiger partial charge on any atom is 0.280 e. The van der Waals surface area contributed by atoms with E-state index in [1.165, 1.54) is 10.9 Å². The van der Waals surface area contributed by atoms with E-state index in [0.717, 1.165) is 0 Å². The number of aromatic nitrogens is 4. The number of H-pyrrole nitrogens is 1. The van der Waals surface area contributed by atoms with Gasteiger partial charge in [-0.15, -0.1) is 0 Å². The maximum absolute atomic E-state index is 11.8. The molecule has 4 atom stereocenters. The number of hydrogen-bond donors (Lipinski definition) is 4. The Morgan fingerprint density at radius 1 is 1.67 bits per heavy atom. The fourth-order valence-electron chi connectivity index (χ4n) is 2.39. The van der Waals surface area contributed by atoms with Crippen LogP contribution in [-0.4, -0.2) is 52.0 Å². The highest BCUT2D eigenvalue weighted by Gasteiger charge is 2.51. The van der Waals surface area contributed by atoms with Crippen molar-refractivity contribution in [1.29, 1.82) is 0 Å². The van der Waals surface area contributed by atoms with E-state index >= 15 is 0 Å². The van der Waals surface area contributed by atoms with Crippen molar-refractivity contribution >= 4 is 39.7 Å². The number of aliphatic hydroxyl groups is 2. The van der Waals surface area contributed by atoms with Gasteiger partial charge in [-0.25, -0.2) is 4.98 Å². The SMILES string of the molecule is C[C@]1(CO)O[C@@H](n2cnc3c(=O)[nH]c(N)nc32)[C@@H](O)C1I. The zero-order chi connectivity index (χ0) is 15.4. The normalized spacial score (nSPS) is 32.9. The number of alkyl halides is 1. The van der Waals surface area contributed by atoms with Gasteiger partial charge in [-0.3, -0.25) is 14.3 Å². The molecule has 0 radical (unpaired) electrons. The van der Waals surface area contributed by atoms with Crippen molar-refractivity contribution in [3.05, 3.63) is 16.7 Å². The summed E-state index contributed by atoms with van der Waals surface area (Å²) >= 11 is 2.03. The van der Waals surface area contributed by atoms with Crippen LogP contribution in [0.15, 0.2) is 11.1 Å². The summed E-state index contributed by atoms with van der Waals surface area (Å²) in [6.07, 6.45) is -0.322. The number of hydrogen-bond acceptors (Lipinski definition) is 7. The number of nitrogens with two attached hydrogens (primary N) is 1. The molecule has 0 saturated carbocycles. The van der Waals surface area contributed by atoms with Gasteiger partial charge in [0.05, 0.1) is 16.9 Å². The van der Waals surface area contributed by atoms with Gasteiger partial charge in [0.25, 0.3) is 5.56 Å². The van der Waals surface area contributed by atoms with E-state index < -0.39 is 23.5 Å². The average Bonchev–Trinajstić information content (AvgIpc) is 2.95. The van der Waals surface area contributed by atoms with Crippen LogP contribution in [-0.2, 0) is 4.74 Å². The predicted octanol–water partition coefficient (Wildman–Crippen LogP) is -0.854. The third-order valence-corrected chi connectivity index (χ3v) is 5.66. The summed E-state index contributed by atoms with van der Waals surface area (Å²) < 4.78 is 6.90. The fourth-order valence-corrected chi connectivity index (χ4v) is 3.09. The molecule has 2 aromatic rings. The Morgan fingerprint density at radius 2 is 2.38 bits per heavy atom. The second-order valence-electron chi connectivity index (χ2n) is 5.15. The molecule has 1 aliphatic heterocycles. The Hall–Kier alpha value is -1.24. The van der Waals surface area contributed by atoms with E-state index in [1.807, 2.05) is 22.6 Å². The molecule has 10 heteroatoms. The van der Waals surface area contributed by atoms with E-state index in [4.69, 9.17) is 10.5 Å². The van der Waals surface area contributed by atoms with Crippen LogP contribution in [0.1, 0.15) is 13.2 Å². The number of ether oxygens (including phenoxy) is 1. The molecule has 5 N–H and O–H groups in total. The lowest BCUT2D eigenvalue weighted by Gasteiger charge is -2.24. The predicted molar refractivity (Wildman–Crippen MR) is 82.0 cm³/mol. The van der Waals surface area contributed by atoms with Gasteiger partial charge in [-0.05, 0) is 6.92 Å². The highest BCUT2D eigenvalue weighted by Crippen LogP contribution is 2.41. The molecule has 0 spiro atoms. The third kappa shape index (κ3) is 2.13. The van der Waals surface area contributed by atoms with Crippen molar-refractivity contribution in [1.82, 2.24) is 19.5 Å². The number of nitrogen functional groups attached to an aromatic ring is 1. The summed E-state index contributed by atoms with van der Waals surface area (Å²) in [5.41, 5.74) is 4.53. The molecule has 1 fully saturated rings. The topological polar surface area (TPSA) is 139 Å². The molecule has 1 unspecified atom stereocenters. The minimum absolute atomic E-state index is 0.0438. The molecule has 3 heterocycles. The molecule has 1 aliphatic rings. The van der Waals surface area contributed by atoms with Gasteiger partial charge < -0.3 is 20.7 Å². The maximum atomic E-state index is 11.8. The summed E-state index contributed by atoms with van der Waals surface area (Å²) in [4.78, 5) is 22.1. The largest absolute Gasteiger partial charge is 0.393 e. The number of nitrogens with one attached hydrogen (secondary N) is 1. The Bertz CT molecular complexity index is 746. The third-order valence-electron chi connectivity index (χ3n) is 3.60. The van der Waals surface area contributed by atoms with Gasteiger partial charge in [0, 0.05) is 0 Å². The van der Waals surface area contributed by atoms with E-state index in [-0.39, 0.29) is 27.6 Å². The van der Waals surface area contributed by atoms with Gasteiger partial charge in [0.2, 0.25) is 5.95 Å². The average molecular weight is 407 g/mol. The van der Waals surface area contributed by atoms with Gasteiger partial charge in [-0.1, -0.05) is 22.6 Å². The summed E-state index contributed by atoms with van der Waals surface area (Å²) in [6.45, 7) is 1.47. The fraction of sp³-hybridized carbons (Fsp3) is 0.545. The van der Waals surface area contributed by atoms with Crippen LogP contribution < -0.4 is 11.3 Å². The minimum Gasteiger partial charge on any atom is -0.393 e. The summed E-state index contributed by atoms with van der Waals surface area (Å²) in [7, 11) is 0. The van der Waals surface area contributed by atoms with Crippen molar-refractivity contribution in [2.24, 2.45) is 0 Å². The van der Waals surface area contributed by atoms with Crippen molar-refractivity contribution in [3.63, 3.8) is 0 Å². The molecule has 21 heavy (non-hydrogen) atoms. The molecular weight excluding hydrogens is 393 g/mol. The van der Waals surface area contributed by atoms with E-state index in [9.17, 15) is 15.0 Å². The molecule has 2 aromatic heterocycles. The zero-order valence-electron chi connectivity index (χ0n) is 11.0. The van der Waals surface area contributed by atoms with Crippen molar-refractivity contribution < 1.29 is 14.9 Å². The van der Waals surface area contributed by atoms with Crippen LogP contribution in [0.5, 0.6) is 0 Å². The van der Waals surface area contributed by atoms with Gasteiger partial charge in [0.1, 0.15) is 11.7 Å². The number of rotatable bonds is 2. The second-order valence-corrected chi connectivity index (χ2v) is 6.49. The number of aromatic amines is 1. The molecule has 9 nitrogen and oxygen atoms in total. The van der Waals surface area contributed by atoms with Crippen LogP contribution in [0.3, 0.4) is 0 Å². The smallest absolute Gasteiger partial charge is 0.280 e. The first-order chi connectivity index (χ1) is 9.87. The molecular formula is C11H14IN5O4. The summed E-state index contributed by atoms with van der Waals surface area (Å²) in [5.74, 6) is -0.0438. The molecule has 0 aromatic carbocycles. The first kappa shape index (κ1) is 14.7. The van der Waals surface area contributed by atoms with E-state index in [0.29, 0.717) is 0 Å². The summed E-state index contributed by atoms with van der Waals surface area (Å²) in [6, 6.07) is 0. The van der Waals surface area contributed by atoms with Gasteiger partial charge >= 0.3 is 0 Å². The monoisotopic (exact) mass is 407 g/mol. The van der Waals surface area contributed by atoms with Crippen molar-refractivity contribution in [3.8, 4) is 0 Å². The number of nitrogens with zero attached hydrogens (tertiary/aromatic N) is 3. The number of imidazole rings is 1. The Balaban J connectivity index is 2.12. The van der Waals surface area contributed by atoms with Crippen molar-refractivity contribution in [2.75, 3.05) is 12.3 Å². The first-order valence-corrected chi connectivity index (χ1v) is 7.45. The molecule has 3 rings (SSSR count). The van der Waals surface area contributed by atoms with Crippen LogP contribution >= 0.6 is 22.6 Å². The lowest BCUT2D eigenvalue weighted by Crippen LogP contribution is -2.39. The van der Waals surface area contributed by atoms with Crippen molar-refractivity contribution in [2.45, 2.75) is 28.8 Å². The first-order valence-electron chi connectivity index (χ1n) is 6.20. The molecule has 0 bridgehead atoms. The van der Waals surface area contributed by atoms with E-state index in [1.54, 1.807) is 6.92 Å². The Labute approximate surface area is 132 Å². The number of halogens is 1. The minimum atomic E-state index is -0.895. The Kier molecular flexibility index (Phi) is 3.43. The zero-order valence-corrected chi connectivity index (χ0v) is 13.2. The molecule has 1 saturated heterocycles. The molecule has 0 aliphatic carbocycles. The van der Waals surface area contributed by atoms with Crippen LogP contribution in [0, 0.1) is 0 Å². The number of aliphatic hydroxyl groups excluding tert-OH is 2. The quantitative estimate of drug-likeness (QED) is 0.376. The van der Waals surface area contributed by atoms with Crippen LogP contribution in [0.4, 0.5) is 5.95 Å². The van der Waals surface area contributed by atoms with Crippen LogP contribution in [0.2, 0.25) is 0 Å². The number of anilines is 1. The Morgan fingerprint density at radius 3 is 3.00 bits per heavy atom. The van der Waals surface area contributed by atoms with Crippen LogP contribution in [0.25, 0.3) is 11.2 Å². The standard InChI is InChI=1S/C11H14IN5O4/c1-11(2-18)6(12)5(19)9(21-11)17-3-14-4-7(17)15-10(13)16-8(4)20/h3,5-6,9,18-19H,2H2,1H3,(H3,13,15,16,20)/t5-,6?,9+,11+/m0/s1. The lowest BCUT2D eigenvalue weighted by molar-refractivity contribution is -0.0969. The molecule has 114 valence electrons. The lowest BCUT2D eigenvalue weighted by atomic mass is 10.0.